The maximum atomic E-state index is 14.5. The number of benzene rings is 1. The summed E-state index contributed by atoms with van der Waals surface area (Å²) >= 11 is 0. The molecule has 0 N–H and O–H groups in total. The average molecular weight is 332 g/mol. The van der Waals surface area contributed by atoms with Gasteiger partial charge in [-0.2, -0.15) is 0 Å². The van der Waals surface area contributed by atoms with Crippen LogP contribution >= 0.6 is 0 Å². The number of aryl methyl sites for hydroxylation is 1. The van der Waals surface area contributed by atoms with E-state index in [1.165, 1.54) is 6.42 Å². The zero-order valence-electron chi connectivity index (χ0n) is 15.1. The fraction of sp³-hybridized carbons (Fsp3) is 0.545. The number of hydrogen-bond acceptors (Lipinski definition) is 0. The molecule has 1 aliphatic carbocycles. The molecule has 2 heteroatoms. The van der Waals surface area contributed by atoms with Gasteiger partial charge in [-0.25, -0.2) is 8.78 Å². The van der Waals surface area contributed by atoms with Gasteiger partial charge >= 0.3 is 0 Å². The third kappa shape index (κ3) is 5.03. The van der Waals surface area contributed by atoms with Gasteiger partial charge in [0, 0.05) is 5.56 Å². The first kappa shape index (κ1) is 18.9. The molecule has 0 fully saturated rings. The standard InChI is InChI=1S/C22H30F2/c1-3-5-7-9-17-11-13-18(14-12-17)20-16-15-19(10-8-6-4-2)21(23)22(20)24/h3,5,13,15-17H,4,6-12,14H2,1-2H3. The summed E-state index contributed by atoms with van der Waals surface area (Å²) in [6.07, 6.45) is 15.3. The Hall–Kier alpha value is -1.44. The second-order valence-electron chi connectivity index (χ2n) is 6.87. The molecule has 1 unspecified atom stereocenters. The number of halogens is 2. The van der Waals surface area contributed by atoms with Crippen molar-refractivity contribution >= 4 is 5.57 Å². The smallest absolute Gasteiger partial charge is 0.166 e. The van der Waals surface area contributed by atoms with Crippen molar-refractivity contribution in [3.63, 3.8) is 0 Å². The van der Waals surface area contributed by atoms with Gasteiger partial charge in [-0.15, -0.1) is 0 Å². The third-order valence-electron chi connectivity index (χ3n) is 5.05. The summed E-state index contributed by atoms with van der Waals surface area (Å²) in [6, 6.07) is 3.56. The van der Waals surface area contributed by atoms with Crippen molar-refractivity contribution in [2.75, 3.05) is 0 Å². The zero-order chi connectivity index (χ0) is 17.4. The predicted molar refractivity (Wildman–Crippen MR) is 99.0 cm³/mol. The number of unbranched alkanes of at least 4 members (excludes halogenated alkanes) is 2. The molecule has 132 valence electrons. The summed E-state index contributed by atoms with van der Waals surface area (Å²) in [4.78, 5) is 0. The van der Waals surface area contributed by atoms with Crippen LogP contribution in [0.4, 0.5) is 8.78 Å². The Labute approximate surface area is 145 Å². The van der Waals surface area contributed by atoms with E-state index < -0.39 is 11.6 Å². The second kappa shape index (κ2) is 9.76. The quantitative estimate of drug-likeness (QED) is 0.348. The lowest BCUT2D eigenvalue weighted by atomic mass is 9.84. The molecular formula is C22H30F2. The molecule has 0 saturated carbocycles. The number of rotatable bonds is 8. The minimum atomic E-state index is -0.650. The Kier molecular flexibility index (Phi) is 7.68. The van der Waals surface area contributed by atoms with E-state index in [4.69, 9.17) is 0 Å². The zero-order valence-corrected chi connectivity index (χ0v) is 15.1. The van der Waals surface area contributed by atoms with E-state index in [0.717, 1.165) is 50.5 Å². The van der Waals surface area contributed by atoms with E-state index in [0.29, 0.717) is 23.5 Å². The molecule has 0 bridgehead atoms. The lowest BCUT2D eigenvalue weighted by molar-refractivity contribution is 0.451. The Morgan fingerprint density at radius 2 is 2.00 bits per heavy atom. The summed E-state index contributed by atoms with van der Waals surface area (Å²) in [5, 5.41) is 0. The van der Waals surface area contributed by atoms with Gasteiger partial charge in [0.1, 0.15) is 0 Å². The summed E-state index contributed by atoms with van der Waals surface area (Å²) in [5.41, 5.74) is 1.97. The second-order valence-corrected chi connectivity index (χ2v) is 6.87. The minimum absolute atomic E-state index is 0.471. The number of allylic oxidation sites excluding steroid dienone is 4. The van der Waals surface area contributed by atoms with Gasteiger partial charge in [-0.3, -0.25) is 0 Å². The van der Waals surface area contributed by atoms with Crippen LogP contribution in [-0.4, -0.2) is 0 Å². The van der Waals surface area contributed by atoms with Crippen LogP contribution in [0.5, 0.6) is 0 Å². The SMILES string of the molecule is CC=CCCC1CC=C(c2ccc(CCCCC)c(F)c2F)CC1. The van der Waals surface area contributed by atoms with E-state index in [-0.39, 0.29) is 0 Å². The molecule has 0 heterocycles. The Morgan fingerprint density at radius 1 is 1.17 bits per heavy atom. The molecule has 0 aliphatic heterocycles. The summed E-state index contributed by atoms with van der Waals surface area (Å²) in [5.74, 6) is -0.617. The highest BCUT2D eigenvalue weighted by Crippen LogP contribution is 2.34. The molecule has 1 aromatic carbocycles. The fourth-order valence-electron chi connectivity index (χ4n) is 3.49. The highest BCUT2D eigenvalue weighted by molar-refractivity contribution is 5.67. The van der Waals surface area contributed by atoms with Crippen LogP contribution in [0.15, 0.2) is 30.4 Å². The maximum Gasteiger partial charge on any atom is 0.166 e. The molecule has 0 saturated heterocycles. The Bertz CT molecular complexity index is 584. The van der Waals surface area contributed by atoms with Crippen LogP contribution in [-0.2, 0) is 6.42 Å². The monoisotopic (exact) mass is 332 g/mol. The minimum Gasteiger partial charge on any atom is -0.203 e. The van der Waals surface area contributed by atoms with Crippen molar-refractivity contribution < 1.29 is 8.78 Å². The van der Waals surface area contributed by atoms with Crippen molar-refractivity contribution in [1.29, 1.82) is 0 Å². The van der Waals surface area contributed by atoms with Gasteiger partial charge in [0.25, 0.3) is 0 Å². The van der Waals surface area contributed by atoms with Crippen molar-refractivity contribution in [3.05, 3.63) is 53.1 Å². The van der Waals surface area contributed by atoms with Crippen LogP contribution in [0.2, 0.25) is 0 Å². The fourth-order valence-corrected chi connectivity index (χ4v) is 3.49. The van der Waals surface area contributed by atoms with Crippen LogP contribution < -0.4 is 0 Å². The summed E-state index contributed by atoms with van der Waals surface area (Å²) in [7, 11) is 0. The highest BCUT2D eigenvalue weighted by atomic mass is 19.2. The van der Waals surface area contributed by atoms with Crippen molar-refractivity contribution in [2.24, 2.45) is 5.92 Å². The highest BCUT2D eigenvalue weighted by Gasteiger charge is 2.20. The van der Waals surface area contributed by atoms with E-state index in [1.807, 2.05) is 6.92 Å². The Morgan fingerprint density at radius 3 is 2.67 bits per heavy atom. The molecule has 0 amide bonds. The first-order valence-electron chi connectivity index (χ1n) is 9.44. The van der Waals surface area contributed by atoms with Crippen LogP contribution in [0.25, 0.3) is 5.57 Å². The van der Waals surface area contributed by atoms with Crippen molar-refractivity contribution in [2.45, 2.75) is 71.6 Å². The third-order valence-corrected chi connectivity index (χ3v) is 5.05. The lowest BCUT2D eigenvalue weighted by Crippen LogP contribution is -2.07. The lowest BCUT2D eigenvalue weighted by Gasteiger charge is -2.22. The molecule has 0 radical (unpaired) electrons. The first-order valence-corrected chi connectivity index (χ1v) is 9.44. The van der Waals surface area contributed by atoms with Crippen molar-refractivity contribution in [1.82, 2.24) is 0 Å². The maximum absolute atomic E-state index is 14.5. The van der Waals surface area contributed by atoms with Crippen LogP contribution in [0, 0.1) is 17.6 Å². The van der Waals surface area contributed by atoms with Crippen molar-refractivity contribution in [3.8, 4) is 0 Å². The van der Waals surface area contributed by atoms with Gasteiger partial charge in [-0.05, 0) is 68.9 Å². The van der Waals surface area contributed by atoms with Gasteiger partial charge in [0.15, 0.2) is 11.6 Å². The van der Waals surface area contributed by atoms with Crippen LogP contribution in [0.1, 0.15) is 76.3 Å². The molecule has 2 rings (SSSR count). The van der Waals surface area contributed by atoms with E-state index in [2.05, 4.69) is 25.2 Å². The molecule has 24 heavy (non-hydrogen) atoms. The molecule has 0 spiro atoms. The van der Waals surface area contributed by atoms with Gasteiger partial charge < -0.3 is 0 Å². The normalized spacial score (nSPS) is 18.2. The molecule has 0 aromatic heterocycles. The average Bonchev–Trinajstić information content (AvgIpc) is 2.60. The molecule has 1 aromatic rings. The van der Waals surface area contributed by atoms with Gasteiger partial charge in [-0.1, -0.05) is 50.1 Å². The summed E-state index contributed by atoms with van der Waals surface area (Å²) in [6.45, 7) is 4.16. The summed E-state index contributed by atoms with van der Waals surface area (Å²) < 4.78 is 28.8. The topological polar surface area (TPSA) is 0 Å². The van der Waals surface area contributed by atoms with Gasteiger partial charge in [0.05, 0.1) is 0 Å². The Balaban J connectivity index is 2.03. The van der Waals surface area contributed by atoms with Gasteiger partial charge in [0.2, 0.25) is 0 Å². The molecule has 1 aliphatic rings. The predicted octanol–water partition coefficient (Wildman–Crippen LogP) is 7.24. The van der Waals surface area contributed by atoms with E-state index in [1.54, 1.807) is 12.1 Å². The largest absolute Gasteiger partial charge is 0.203 e. The van der Waals surface area contributed by atoms with Crippen LogP contribution in [0.3, 0.4) is 0 Å². The molecular weight excluding hydrogens is 302 g/mol. The first-order chi connectivity index (χ1) is 11.7. The van der Waals surface area contributed by atoms with E-state index >= 15 is 0 Å². The van der Waals surface area contributed by atoms with E-state index in [9.17, 15) is 8.78 Å². The molecule has 0 nitrogen and oxygen atoms in total. The number of hydrogen-bond donors (Lipinski definition) is 0. The molecule has 1 atom stereocenters.